The van der Waals surface area contributed by atoms with E-state index in [1.165, 1.54) is 0 Å². The zero-order chi connectivity index (χ0) is 18.0. The maximum Gasteiger partial charge on any atom is 0.231 e. The first-order chi connectivity index (χ1) is 11.9. The van der Waals surface area contributed by atoms with Crippen LogP contribution in [-0.4, -0.2) is 50.4 Å². The van der Waals surface area contributed by atoms with E-state index in [0.29, 0.717) is 11.8 Å². The van der Waals surface area contributed by atoms with Crippen molar-refractivity contribution >= 4 is 17.7 Å². The average molecular weight is 341 g/mol. The molecule has 3 N–H and O–H groups in total. The summed E-state index contributed by atoms with van der Waals surface area (Å²) in [5.74, 6) is 1.88. The number of carbonyl (C=O) groups excluding carboxylic acids is 1. The van der Waals surface area contributed by atoms with Crippen LogP contribution in [0.5, 0.6) is 0 Å². The highest BCUT2D eigenvalue weighted by Gasteiger charge is 2.27. The maximum atomic E-state index is 11.1. The molecule has 8 heteroatoms. The molecule has 0 aliphatic carbocycles. The molecule has 3 heterocycles. The van der Waals surface area contributed by atoms with Crippen molar-refractivity contribution in [3.05, 3.63) is 35.0 Å². The zero-order valence-corrected chi connectivity index (χ0v) is 14.8. The molecule has 1 aliphatic rings. The van der Waals surface area contributed by atoms with E-state index in [1.54, 1.807) is 0 Å². The summed E-state index contributed by atoms with van der Waals surface area (Å²) in [4.78, 5) is 31.1. The van der Waals surface area contributed by atoms with Gasteiger partial charge in [-0.1, -0.05) is 0 Å². The van der Waals surface area contributed by atoms with Gasteiger partial charge in [0.05, 0.1) is 6.54 Å². The molecule has 0 spiro atoms. The number of hydrogen-bond acceptors (Lipinski definition) is 7. The Hall–Kier alpha value is -2.61. The van der Waals surface area contributed by atoms with Crippen molar-refractivity contribution in [2.45, 2.75) is 33.1 Å². The third kappa shape index (κ3) is 4.48. The largest absolute Gasteiger partial charge is 0.369 e. The third-order valence-electron chi connectivity index (χ3n) is 4.11. The minimum absolute atomic E-state index is 0.194. The second-order valence-corrected chi connectivity index (χ2v) is 6.54. The third-order valence-corrected chi connectivity index (χ3v) is 4.11. The molecule has 1 amide bonds. The lowest BCUT2D eigenvalue weighted by molar-refractivity contribution is -0.118. The summed E-state index contributed by atoms with van der Waals surface area (Å²) in [6, 6.07) is 3.80. The lowest BCUT2D eigenvalue weighted by atomic mass is 10.1. The van der Waals surface area contributed by atoms with E-state index in [0.717, 1.165) is 42.4 Å². The van der Waals surface area contributed by atoms with Crippen LogP contribution >= 0.6 is 0 Å². The Kier molecular flexibility index (Phi) is 4.89. The number of rotatable bonds is 5. The highest BCUT2D eigenvalue weighted by atomic mass is 16.1. The molecule has 1 saturated heterocycles. The Labute approximate surface area is 146 Å². The number of hydrogen-bond donors (Lipinski definition) is 2. The molecule has 1 atom stereocenters. The predicted molar refractivity (Wildman–Crippen MR) is 94.6 cm³/mol. The van der Waals surface area contributed by atoms with Crippen LogP contribution in [0.1, 0.15) is 35.2 Å². The van der Waals surface area contributed by atoms with Gasteiger partial charge in [-0.3, -0.25) is 9.69 Å². The number of anilines is 2. The van der Waals surface area contributed by atoms with Gasteiger partial charge < -0.3 is 11.1 Å². The molecule has 0 aromatic carbocycles. The number of aromatic nitrogens is 4. The summed E-state index contributed by atoms with van der Waals surface area (Å²) >= 11 is 0. The lowest BCUT2D eigenvalue weighted by Gasteiger charge is -2.14. The van der Waals surface area contributed by atoms with E-state index in [-0.39, 0.29) is 18.4 Å². The molecule has 0 bridgehead atoms. The minimum atomic E-state index is -0.305. The summed E-state index contributed by atoms with van der Waals surface area (Å²) in [6.07, 6.45) is 0.913. The number of primary amides is 1. The van der Waals surface area contributed by atoms with Gasteiger partial charge in [0.2, 0.25) is 11.9 Å². The standard InChI is InChI=1S/C17H23N7O/c1-10-6-11(2)21-17(20-10)23-15-7-12(3)19-16(22-15)13-4-5-24(8-13)9-14(18)25/h6-7,13H,4-5,8-9H2,1-3H3,(H2,18,25)(H,19,20,21,22,23)/t13-/m0/s1. The van der Waals surface area contributed by atoms with Crippen molar-refractivity contribution in [1.82, 2.24) is 24.8 Å². The Morgan fingerprint density at radius 1 is 1.16 bits per heavy atom. The second-order valence-electron chi connectivity index (χ2n) is 6.54. The molecule has 0 unspecified atom stereocenters. The van der Waals surface area contributed by atoms with Crippen molar-refractivity contribution in [2.75, 3.05) is 25.0 Å². The second kappa shape index (κ2) is 7.10. The van der Waals surface area contributed by atoms with Gasteiger partial charge in [-0.15, -0.1) is 0 Å². The number of carbonyl (C=O) groups is 1. The van der Waals surface area contributed by atoms with Gasteiger partial charge in [0.1, 0.15) is 11.6 Å². The Morgan fingerprint density at radius 3 is 2.52 bits per heavy atom. The fourth-order valence-electron chi connectivity index (χ4n) is 3.14. The zero-order valence-electron chi connectivity index (χ0n) is 14.8. The fraction of sp³-hybridized carbons (Fsp3) is 0.471. The average Bonchev–Trinajstić information content (AvgIpc) is 2.93. The van der Waals surface area contributed by atoms with E-state index in [2.05, 4.69) is 25.3 Å². The molecule has 1 fully saturated rings. The Bertz CT molecular complexity index is 772. The molecule has 1 aliphatic heterocycles. The van der Waals surface area contributed by atoms with Crippen LogP contribution in [-0.2, 0) is 4.79 Å². The Morgan fingerprint density at radius 2 is 1.84 bits per heavy atom. The van der Waals surface area contributed by atoms with Gasteiger partial charge in [0, 0.05) is 35.6 Å². The lowest BCUT2D eigenvalue weighted by Crippen LogP contribution is -2.32. The fourth-order valence-corrected chi connectivity index (χ4v) is 3.14. The van der Waals surface area contributed by atoms with Crippen molar-refractivity contribution in [3.8, 4) is 0 Å². The summed E-state index contributed by atoms with van der Waals surface area (Å²) in [5, 5.41) is 3.17. The van der Waals surface area contributed by atoms with Gasteiger partial charge in [0.25, 0.3) is 0 Å². The number of aryl methyl sites for hydroxylation is 3. The van der Waals surface area contributed by atoms with Crippen LogP contribution in [0, 0.1) is 20.8 Å². The van der Waals surface area contributed by atoms with E-state index in [9.17, 15) is 4.79 Å². The van der Waals surface area contributed by atoms with Gasteiger partial charge in [0.15, 0.2) is 0 Å². The number of nitrogens with one attached hydrogen (secondary N) is 1. The quantitative estimate of drug-likeness (QED) is 0.841. The number of nitrogens with two attached hydrogens (primary N) is 1. The van der Waals surface area contributed by atoms with Crippen LogP contribution in [0.3, 0.4) is 0 Å². The first kappa shape index (κ1) is 17.2. The molecule has 0 saturated carbocycles. The summed E-state index contributed by atoms with van der Waals surface area (Å²) in [5.41, 5.74) is 7.96. The van der Waals surface area contributed by atoms with Crippen LogP contribution < -0.4 is 11.1 Å². The summed E-state index contributed by atoms with van der Waals surface area (Å²) < 4.78 is 0. The molecule has 2 aromatic rings. The van der Waals surface area contributed by atoms with Crippen LogP contribution in [0.2, 0.25) is 0 Å². The van der Waals surface area contributed by atoms with Crippen LogP contribution in [0.25, 0.3) is 0 Å². The molecule has 2 aromatic heterocycles. The van der Waals surface area contributed by atoms with Gasteiger partial charge in [-0.25, -0.2) is 19.9 Å². The smallest absolute Gasteiger partial charge is 0.231 e. The molecular formula is C17H23N7O. The first-order valence-electron chi connectivity index (χ1n) is 8.34. The van der Waals surface area contributed by atoms with Crippen molar-refractivity contribution in [3.63, 3.8) is 0 Å². The van der Waals surface area contributed by atoms with Gasteiger partial charge >= 0.3 is 0 Å². The summed E-state index contributed by atoms with van der Waals surface area (Å²) in [7, 11) is 0. The van der Waals surface area contributed by atoms with Gasteiger partial charge in [-0.2, -0.15) is 0 Å². The maximum absolute atomic E-state index is 11.1. The van der Waals surface area contributed by atoms with E-state index < -0.39 is 0 Å². The Balaban J connectivity index is 1.78. The number of nitrogens with zero attached hydrogens (tertiary/aromatic N) is 5. The van der Waals surface area contributed by atoms with Crippen LogP contribution in [0.4, 0.5) is 11.8 Å². The highest BCUT2D eigenvalue weighted by molar-refractivity contribution is 5.75. The normalized spacial score (nSPS) is 17.6. The molecule has 3 rings (SSSR count). The predicted octanol–water partition coefficient (Wildman–Crippen LogP) is 1.21. The van der Waals surface area contributed by atoms with Crippen molar-refractivity contribution in [1.29, 1.82) is 0 Å². The van der Waals surface area contributed by atoms with Gasteiger partial charge in [-0.05, 0) is 39.8 Å². The minimum Gasteiger partial charge on any atom is -0.369 e. The number of amides is 1. The van der Waals surface area contributed by atoms with E-state index in [1.807, 2.05) is 37.8 Å². The highest BCUT2D eigenvalue weighted by Crippen LogP contribution is 2.26. The topological polar surface area (TPSA) is 110 Å². The van der Waals surface area contributed by atoms with Crippen molar-refractivity contribution in [2.24, 2.45) is 5.73 Å². The molecule has 25 heavy (non-hydrogen) atoms. The monoisotopic (exact) mass is 341 g/mol. The van der Waals surface area contributed by atoms with Crippen molar-refractivity contribution < 1.29 is 4.79 Å². The van der Waals surface area contributed by atoms with Crippen LogP contribution in [0.15, 0.2) is 12.1 Å². The molecule has 0 radical (unpaired) electrons. The van der Waals surface area contributed by atoms with E-state index in [4.69, 9.17) is 5.73 Å². The number of likely N-dealkylation sites (tertiary alicyclic amines) is 1. The van der Waals surface area contributed by atoms with E-state index >= 15 is 0 Å². The SMILES string of the molecule is Cc1cc(C)nc(Nc2cc(C)nc([C@H]3CCN(CC(N)=O)C3)n2)n1. The first-order valence-corrected chi connectivity index (χ1v) is 8.34. The molecule has 8 nitrogen and oxygen atoms in total. The molecule has 132 valence electrons. The summed E-state index contributed by atoms with van der Waals surface area (Å²) in [6.45, 7) is 7.66. The molecular weight excluding hydrogens is 318 g/mol.